The fourth-order valence-corrected chi connectivity index (χ4v) is 3.52. The summed E-state index contributed by atoms with van der Waals surface area (Å²) in [5.41, 5.74) is 3.18. The first-order valence-electron chi connectivity index (χ1n) is 9.47. The van der Waals surface area contributed by atoms with Crippen molar-refractivity contribution in [2.24, 2.45) is 0 Å². The number of fused-ring (bicyclic) bond motifs is 1. The number of unbranched alkanes of at least 4 members (excludes halogenated alkanes) is 2. The lowest BCUT2D eigenvalue weighted by molar-refractivity contribution is -0.112. The molecule has 0 saturated carbocycles. The molecule has 134 valence electrons. The molecule has 26 heavy (non-hydrogen) atoms. The van der Waals surface area contributed by atoms with E-state index in [4.69, 9.17) is 0 Å². The van der Waals surface area contributed by atoms with Crippen LogP contribution in [0.3, 0.4) is 0 Å². The van der Waals surface area contributed by atoms with E-state index in [-0.39, 0.29) is 22.9 Å². The largest absolute Gasteiger partial charge is 0.289 e. The molecule has 3 heteroatoms. The van der Waals surface area contributed by atoms with Gasteiger partial charge in [-0.1, -0.05) is 51.0 Å². The maximum atomic E-state index is 12.8. The van der Waals surface area contributed by atoms with Crippen molar-refractivity contribution < 1.29 is 14.4 Å². The van der Waals surface area contributed by atoms with Crippen molar-refractivity contribution in [3.05, 3.63) is 69.8 Å². The van der Waals surface area contributed by atoms with Crippen LogP contribution in [0, 0.1) is 0 Å². The zero-order valence-corrected chi connectivity index (χ0v) is 15.4. The Hall–Kier alpha value is -2.55. The Kier molecular flexibility index (Phi) is 5.46. The van der Waals surface area contributed by atoms with Gasteiger partial charge in [-0.2, -0.15) is 0 Å². The Balaban J connectivity index is 2.09. The van der Waals surface area contributed by atoms with Crippen LogP contribution < -0.4 is 0 Å². The molecule has 2 aliphatic carbocycles. The van der Waals surface area contributed by atoms with Gasteiger partial charge in [-0.25, -0.2) is 0 Å². The van der Waals surface area contributed by atoms with Gasteiger partial charge < -0.3 is 0 Å². The minimum Gasteiger partial charge on any atom is -0.289 e. The quantitative estimate of drug-likeness (QED) is 0.526. The van der Waals surface area contributed by atoms with Gasteiger partial charge in [-0.15, -0.1) is 0 Å². The van der Waals surface area contributed by atoms with Crippen LogP contribution in [-0.4, -0.2) is 17.3 Å². The average Bonchev–Trinajstić information content (AvgIpc) is 2.91. The maximum Gasteiger partial charge on any atom is 0.198 e. The molecule has 2 aliphatic rings. The highest BCUT2D eigenvalue weighted by atomic mass is 16.2. The molecular weight excluding hydrogens is 324 g/mol. The molecule has 0 spiro atoms. The predicted octanol–water partition coefficient (Wildman–Crippen LogP) is 5.18. The fraction of sp³-hybridized carbons (Fsp3) is 0.348. The lowest BCUT2D eigenvalue weighted by Gasteiger charge is -2.17. The number of rotatable bonds is 6. The highest BCUT2D eigenvalue weighted by molar-refractivity contribution is 6.40. The van der Waals surface area contributed by atoms with Crippen molar-refractivity contribution >= 4 is 17.3 Å². The third-order valence-corrected chi connectivity index (χ3v) is 5.00. The molecule has 0 aromatic heterocycles. The van der Waals surface area contributed by atoms with Gasteiger partial charge in [0.25, 0.3) is 0 Å². The SMILES string of the molecule is CCCCC1=CC(=C2C(=O)c3ccccc3C2=O)C=C(CCCC)C1=O. The van der Waals surface area contributed by atoms with Gasteiger partial charge in [0.15, 0.2) is 17.3 Å². The zero-order valence-electron chi connectivity index (χ0n) is 15.4. The van der Waals surface area contributed by atoms with E-state index in [0.29, 0.717) is 29.5 Å². The van der Waals surface area contributed by atoms with E-state index >= 15 is 0 Å². The topological polar surface area (TPSA) is 51.2 Å². The first-order valence-corrected chi connectivity index (χ1v) is 9.47. The molecule has 0 fully saturated rings. The third-order valence-electron chi connectivity index (χ3n) is 5.00. The summed E-state index contributed by atoms with van der Waals surface area (Å²) in [5, 5.41) is 0. The van der Waals surface area contributed by atoms with Crippen molar-refractivity contribution in [1.82, 2.24) is 0 Å². The molecule has 0 N–H and O–H groups in total. The zero-order chi connectivity index (χ0) is 18.7. The monoisotopic (exact) mass is 348 g/mol. The van der Waals surface area contributed by atoms with Gasteiger partial charge in [0.1, 0.15) is 0 Å². The molecule has 1 aromatic carbocycles. The Morgan fingerprint density at radius 3 is 1.58 bits per heavy atom. The van der Waals surface area contributed by atoms with E-state index in [0.717, 1.165) is 36.8 Å². The van der Waals surface area contributed by atoms with Gasteiger partial charge in [0, 0.05) is 22.3 Å². The van der Waals surface area contributed by atoms with E-state index in [1.165, 1.54) is 0 Å². The highest BCUT2D eigenvalue weighted by Crippen LogP contribution is 2.33. The lowest BCUT2D eigenvalue weighted by Crippen LogP contribution is -2.14. The van der Waals surface area contributed by atoms with E-state index in [9.17, 15) is 14.4 Å². The smallest absolute Gasteiger partial charge is 0.198 e. The molecule has 0 aliphatic heterocycles. The van der Waals surface area contributed by atoms with Crippen molar-refractivity contribution in [1.29, 1.82) is 0 Å². The van der Waals surface area contributed by atoms with Gasteiger partial charge in [0.2, 0.25) is 0 Å². The van der Waals surface area contributed by atoms with Gasteiger partial charge >= 0.3 is 0 Å². The number of carbonyl (C=O) groups excluding carboxylic acids is 3. The van der Waals surface area contributed by atoms with Crippen LogP contribution in [0.5, 0.6) is 0 Å². The second kappa shape index (κ2) is 7.77. The van der Waals surface area contributed by atoms with Crippen LogP contribution in [0.1, 0.15) is 73.1 Å². The molecule has 0 unspecified atom stereocenters. The van der Waals surface area contributed by atoms with Crippen molar-refractivity contribution in [2.45, 2.75) is 52.4 Å². The second-order valence-electron chi connectivity index (χ2n) is 6.91. The van der Waals surface area contributed by atoms with E-state index in [1.54, 1.807) is 36.4 Å². The Morgan fingerprint density at radius 1 is 0.692 bits per heavy atom. The first-order chi connectivity index (χ1) is 12.6. The van der Waals surface area contributed by atoms with Crippen LogP contribution in [-0.2, 0) is 4.79 Å². The van der Waals surface area contributed by atoms with Crippen molar-refractivity contribution in [3.8, 4) is 0 Å². The normalized spacial score (nSPS) is 16.8. The second-order valence-corrected chi connectivity index (χ2v) is 6.91. The molecule has 0 atom stereocenters. The number of carbonyl (C=O) groups is 3. The molecule has 3 nitrogen and oxygen atoms in total. The number of benzene rings is 1. The van der Waals surface area contributed by atoms with Crippen LogP contribution >= 0.6 is 0 Å². The standard InChI is InChI=1S/C23H24O3/c1-3-5-9-15-13-17(14-16(21(15)24)10-6-4-2)20-22(25)18-11-7-8-12-19(18)23(20)26/h7-8,11-14H,3-6,9-10H2,1-2H3. The van der Waals surface area contributed by atoms with Crippen LogP contribution in [0.15, 0.2) is 58.7 Å². The number of hydrogen-bond donors (Lipinski definition) is 0. The molecule has 0 saturated heterocycles. The predicted molar refractivity (Wildman–Crippen MR) is 102 cm³/mol. The summed E-state index contributed by atoms with van der Waals surface area (Å²) in [6.07, 6.45) is 8.74. The summed E-state index contributed by atoms with van der Waals surface area (Å²) in [4.78, 5) is 38.4. The summed E-state index contributed by atoms with van der Waals surface area (Å²) < 4.78 is 0. The summed E-state index contributed by atoms with van der Waals surface area (Å²) in [5.74, 6) is -0.383. The summed E-state index contributed by atoms with van der Waals surface area (Å²) in [6.45, 7) is 4.17. The lowest BCUT2D eigenvalue weighted by atomic mass is 9.86. The minimum atomic E-state index is -0.230. The Bertz CT molecular complexity index is 798. The summed E-state index contributed by atoms with van der Waals surface area (Å²) >= 11 is 0. The molecule has 0 bridgehead atoms. The van der Waals surface area contributed by atoms with E-state index in [2.05, 4.69) is 13.8 Å². The number of allylic oxidation sites excluding steroid dienone is 6. The Labute approximate surface area is 154 Å². The number of hydrogen-bond acceptors (Lipinski definition) is 3. The van der Waals surface area contributed by atoms with Crippen molar-refractivity contribution in [2.75, 3.05) is 0 Å². The van der Waals surface area contributed by atoms with Crippen LogP contribution in [0.2, 0.25) is 0 Å². The summed E-state index contributed by atoms with van der Waals surface area (Å²) in [6, 6.07) is 6.93. The number of ketones is 3. The maximum absolute atomic E-state index is 12.8. The van der Waals surface area contributed by atoms with E-state index < -0.39 is 0 Å². The van der Waals surface area contributed by atoms with Gasteiger partial charge in [-0.3, -0.25) is 14.4 Å². The average molecular weight is 348 g/mol. The molecule has 0 heterocycles. The summed E-state index contributed by atoms with van der Waals surface area (Å²) in [7, 11) is 0. The molecule has 1 aromatic rings. The molecule has 0 radical (unpaired) electrons. The minimum absolute atomic E-state index is 0.0756. The third kappa shape index (κ3) is 3.26. The van der Waals surface area contributed by atoms with Gasteiger partial charge in [0.05, 0.1) is 5.57 Å². The molecule has 0 amide bonds. The number of Topliss-reactive ketones (excluding diaryl/α,β-unsaturated/α-hetero) is 3. The van der Waals surface area contributed by atoms with E-state index in [1.807, 2.05) is 0 Å². The fourth-order valence-electron chi connectivity index (χ4n) is 3.52. The van der Waals surface area contributed by atoms with Crippen molar-refractivity contribution in [3.63, 3.8) is 0 Å². The van der Waals surface area contributed by atoms with Crippen LogP contribution in [0.25, 0.3) is 0 Å². The first kappa shape index (κ1) is 18.2. The van der Waals surface area contributed by atoms with Gasteiger partial charge in [-0.05, 0) is 43.4 Å². The molecule has 3 rings (SSSR count). The Morgan fingerprint density at radius 2 is 1.15 bits per heavy atom. The molecular formula is C23H24O3. The van der Waals surface area contributed by atoms with Crippen LogP contribution in [0.4, 0.5) is 0 Å². The highest BCUT2D eigenvalue weighted by Gasteiger charge is 2.35.